The lowest BCUT2D eigenvalue weighted by molar-refractivity contribution is 0.143. The summed E-state index contributed by atoms with van der Waals surface area (Å²) in [6, 6.07) is 14.7. The Kier molecular flexibility index (Phi) is 13.0. The van der Waals surface area contributed by atoms with Gasteiger partial charge in [-0.2, -0.15) is 0 Å². The van der Waals surface area contributed by atoms with Gasteiger partial charge in [0.05, 0.1) is 13.2 Å². The minimum Gasteiger partial charge on any atom is -0.475 e. The van der Waals surface area contributed by atoms with Crippen LogP contribution < -0.4 is 15.4 Å². The summed E-state index contributed by atoms with van der Waals surface area (Å²) in [4.78, 5) is 9.02. The number of aryl methyl sites for hydroxylation is 1. The van der Waals surface area contributed by atoms with E-state index in [2.05, 4.69) is 53.7 Å². The van der Waals surface area contributed by atoms with E-state index < -0.39 is 0 Å². The second-order valence-electron chi connectivity index (χ2n) is 6.57. The van der Waals surface area contributed by atoms with Crippen LogP contribution in [0.4, 0.5) is 0 Å². The Hall–Kier alpha value is -1.87. The minimum atomic E-state index is 0. The Morgan fingerprint density at radius 2 is 1.93 bits per heavy atom. The van der Waals surface area contributed by atoms with Gasteiger partial charge in [-0.1, -0.05) is 36.4 Å². The third-order valence-corrected chi connectivity index (χ3v) is 4.22. The molecule has 0 amide bonds. The third kappa shape index (κ3) is 9.94. The molecule has 1 heterocycles. The first-order chi connectivity index (χ1) is 13.7. The van der Waals surface area contributed by atoms with E-state index in [0.717, 1.165) is 30.9 Å². The second kappa shape index (κ2) is 15.0. The highest BCUT2D eigenvalue weighted by Gasteiger charge is 2.08. The van der Waals surface area contributed by atoms with E-state index in [-0.39, 0.29) is 24.0 Å². The van der Waals surface area contributed by atoms with E-state index in [4.69, 9.17) is 14.5 Å². The van der Waals surface area contributed by atoms with Crippen molar-refractivity contribution in [2.24, 2.45) is 4.99 Å². The normalized spacial score (nSPS) is 12.0. The molecule has 1 aromatic heterocycles. The van der Waals surface area contributed by atoms with E-state index in [1.54, 1.807) is 13.3 Å². The Labute approximate surface area is 191 Å². The van der Waals surface area contributed by atoms with Gasteiger partial charge in [0.2, 0.25) is 5.88 Å². The number of methoxy groups -OCH3 is 1. The Morgan fingerprint density at radius 3 is 2.66 bits per heavy atom. The van der Waals surface area contributed by atoms with Crippen molar-refractivity contribution >= 4 is 29.9 Å². The van der Waals surface area contributed by atoms with Crippen LogP contribution in [0.3, 0.4) is 0 Å². The number of nitrogens with one attached hydrogen (secondary N) is 2. The maximum absolute atomic E-state index is 5.69. The number of pyridine rings is 1. The molecule has 1 unspecified atom stereocenters. The standard InChI is InChI=1S/C22H32N4O2.HI/c1-4-23-22(26-18(2)12-13-19-9-6-5-7-10-19)25-17-20-11-8-14-24-21(20)28-16-15-27-3;/h5-11,14,18H,4,12-13,15-17H2,1-3H3,(H2,23,25,26);1H. The van der Waals surface area contributed by atoms with Crippen LogP contribution in [-0.4, -0.2) is 43.9 Å². The zero-order chi connectivity index (χ0) is 20.0. The lowest BCUT2D eigenvalue weighted by Gasteiger charge is -2.18. The summed E-state index contributed by atoms with van der Waals surface area (Å²) in [5, 5.41) is 6.80. The first-order valence-electron chi connectivity index (χ1n) is 9.87. The molecule has 1 aromatic carbocycles. The summed E-state index contributed by atoms with van der Waals surface area (Å²) in [7, 11) is 1.65. The fourth-order valence-electron chi connectivity index (χ4n) is 2.71. The molecule has 0 spiro atoms. The molecule has 0 saturated carbocycles. The highest BCUT2D eigenvalue weighted by molar-refractivity contribution is 14.0. The van der Waals surface area contributed by atoms with Gasteiger partial charge >= 0.3 is 0 Å². The largest absolute Gasteiger partial charge is 0.475 e. The molecule has 2 aromatic rings. The van der Waals surface area contributed by atoms with Crippen molar-refractivity contribution in [3.8, 4) is 5.88 Å². The van der Waals surface area contributed by atoms with Crippen LogP contribution in [0, 0.1) is 0 Å². The highest BCUT2D eigenvalue weighted by atomic mass is 127. The van der Waals surface area contributed by atoms with Crippen LogP contribution >= 0.6 is 24.0 Å². The summed E-state index contributed by atoms with van der Waals surface area (Å²) in [5.74, 6) is 1.41. The van der Waals surface area contributed by atoms with Gasteiger partial charge in [0.15, 0.2) is 5.96 Å². The summed E-state index contributed by atoms with van der Waals surface area (Å²) in [6.45, 7) is 6.55. The number of nitrogens with zero attached hydrogens (tertiary/aromatic N) is 2. The van der Waals surface area contributed by atoms with Gasteiger partial charge in [-0.3, -0.25) is 0 Å². The third-order valence-electron chi connectivity index (χ3n) is 4.22. The van der Waals surface area contributed by atoms with Gasteiger partial charge in [0, 0.05) is 31.5 Å². The van der Waals surface area contributed by atoms with Crippen LogP contribution in [0.2, 0.25) is 0 Å². The summed E-state index contributed by atoms with van der Waals surface area (Å²) >= 11 is 0. The van der Waals surface area contributed by atoms with Gasteiger partial charge < -0.3 is 20.1 Å². The van der Waals surface area contributed by atoms with Gasteiger partial charge in [-0.25, -0.2) is 9.98 Å². The molecule has 7 heteroatoms. The fraction of sp³-hybridized carbons (Fsp3) is 0.455. The number of hydrogen-bond donors (Lipinski definition) is 2. The molecule has 0 saturated heterocycles. The molecule has 2 N–H and O–H groups in total. The Balaban J connectivity index is 0.00000420. The van der Waals surface area contributed by atoms with Crippen molar-refractivity contribution in [1.29, 1.82) is 0 Å². The van der Waals surface area contributed by atoms with E-state index in [9.17, 15) is 0 Å². The maximum atomic E-state index is 5.69. The minimum absolute atomic E-state index is 0. The van der Waals surface area contributed by atoms with Gasteiger partial charge in [0.1, 0.15) is 6.61 Å². The molecule has 0 aliphatic rings. The number of hydrogen-bond acceptors (Lipinski definition) is 4. The lowest BCUT2D eigenvalue weighted by atomic mass is 10.1. The van der Waals surface area contributed by atoms with E-state index in [0.29, 0.717) is 31.7 Å². The zero-order valence-electron chi connectivity index (χ0n) is 17.6. The number of aromatic nitrogens is 1. The number of halogens is 1. The molecule has 0 bridgehead atoms. The van der Waals surface area contributed by atoms with Crippen molar-refractivity contribution in [3.05, 3.63) is 59.8 Å². The molecule has 6 nitrogen and oxygen atoms in total. The van der Waals surface area contributed by atoms with E-state index >= 15 is 0 Å². The highest BCUT2D eigenvalue weighted by Crippen LogP contribution is 2.15. The quantitative estimate of drug-likeness (QED) is 0.208. The zero-order valence-corrected chi connectivity index (χ0v) is 19.9. The molecule has 0 aliphatic heterocycles. The molecule has 2 rings (SSSR count). The Morgan fingerprint density at radius 1 is 1.14 bits per heavy atom. The summed E-state index contributed by atoms with van der Waals surface area (Å²) < 4.78 is 10.7. The number of ether oxygens (including phenoxy) is 2. The molecule has 29 heavy (non-hydrogen) atoms. The van der Waals surface area contributed by atoms with Gasteiger partial charge in [0.25, 0.3) is 0 Å². The molecular weight excluding hydrogens is 479 g/mol. The lowest BCUT2D eigenvalue weighted by Crippen LogP contribution is -2.42. The first kappa shape index (κ1) is 25.2. The maximum Gasteiger partial charge on any atom is 0.218 e. The van der Waals surface area contributed by atoms with Crippen LogP contribution in [0.25, 0.3) is 0 Å². The average molecular weight is 512 g/mol. The number of aliphatic imine (C=N–C) groups is 1. The molecule has 160 valence electrons. The van der Waals surface area contributed by atoms with Crippen LogP contribution in [0.1, 0.15) is 31.4 Å². The van der Waals surface area contributed by atoms with Crippen LogP contribution in [-0.2, 0) is 17.7 Å². The van der Waals surface area contributed by atoms with Crippen molar-refractivity contribution in [2.45, 2.75) is 39.3 Å². The smallest absolute Gasteiger partial charge is 0.218 e. The predicted octanol–water partition coefficient (Wildman–Crippen LogP) is 3.80. The van der Waals surface area contributed by atoms with E-state index in [1.807, 2.05) is 18.2 Å². The molecule has 0 fully saturated rings. The number of benzene rings is 1. The molecule has 0 aliphatic carbocycles. The monoisotopic (exact) mass is 512 g/mol. The van der Waals surface area contributed by atoms with Gasteiger partial charge in [-0.15, -0.1) is 24.0 Å². The van der Waals surface area contributed by atoms with Crippen molar-refractivity contribution in [3.63, 3.8) is 0 Å². The molecular formula is C22H33IN4O2. The predicted molar refractivity (Wildman–Crippen MR) is 129 cm³/mol. The molecule has 1 atom stereocenters. The summed E-state index contributed by atoms with van der Waals surface area (Å²) in [5.41, 5.74) is 2.30. The van der Waals surface area contributed by atoms with Crippen LogP contribution in [0.5, 0.6) is 5.88 Å². The van der Waals surface area contributed by atoms with E-state index in [1.165, 1.54) is 5.56 Å². The number of rotatable bonds is 11. The Bertz CT molecular complexity index is 713. The number of guanidine groups is 1. The topological polar surface area (TPSA) is 67.8 Å². The summed E-state index contributed by atoms with van der Waals surface area (Å²) in [6.07, 6.45) is 3.80. The van der Waals surface area contributed by atoms with Crippen molar-refractivity contribution < 1.29 is 9.47 Å². The van der Waals surface area contributed by atoms with Crippen LogP contribution in [0.15, 0.2) is 53.7 Å². The average Bonchev–Trinajstić information content (AvgIpc) is 2.72. The van der Waals surface area contributed by atoms with Gasteiger partial charge in [-0.05, 0) is 38.3 Å². The first-order valence-corrected chi connectivity index (χ1v) is 9.87. The fourth-order valence-corrected chi connectivity index (χ4v) is 2.71. The van der Waals surface area contributed by atoms with Crippen molar-refractivity contribution in [1.82, 2.24) is 15.6 Å². The molecule has 0 radical (unpaired) electrons. The second-order valence-corrected chi connectivity index (χ2v) is 6.57. The van der Waals surface area contributed by atoms with Crippen molar-refractivity contribution in [2.75, 3.05) is 26.9 Å². The SMILES string of the molecule is CCNC(=NCc1cccnc1OCCOC)NC(C)CCc1ccccc1.I.